The molecule has 1 unspecified atom stereocenters. The van der Waals surface area contributed by atoms with Gasteiger partial charge in [0.25, 0.3) is 0 Å². The fraction of sp³-hybridized carbons (Fsp3) is 0.667. The number of hydrogen-bond donors (Lipinski definition) is 1. The maximum absolute atomic E-state index is 13.3. The molecule has 3 fully saturated rings. The molecule has 1 saturated carbocycles. The Bertz CT molecular complexity index is 1100. The van der Waals surface area contributed by atoms with Gasteiger partial charge >= 0.3 is 6.03 Å². The minimum atomic E-state index is -0.191. The average molecular weight is 515 g/mol. The molecule has 5 rings (SSSR count). The summed E-state index contributed by atoms with van der Waals surface area (Å²) < 4.78 is 5.62. The number of piperazine rings is 1. The van der Waals surface area contributed by atoms with Gasteiger partial charge < -0.3 is 19.6 Å². The van der Waals surface area contributed by atoms with Crippen molar-refractivity contribution in [2.45, 2.75) is 71.3 Å². The number of nitrogens with zero attached hydrogens (tertiary/aromatic N) is 5. The van der Waals surface area contributed by atoms with Crippen molar-refractivity contribution in [3.05, 3.63) is 34.9 Å². The number of carbonyl (C=O) groups excluding carboxylic acids is 1. The van der Waals surface area contributed by atoms with Crippen LogP contribution < -0.4 is 10.2 Å². The molecule has 2 aliphatic heterocycles. The molecule has 0 bridgehead atoms. The molecule has 2 aromatic rings. The van der Waals surface area contributed by atoms with Crippen molar-refractivity contribution in [3.8, 4) is 0 Å². The lowest BCUT2D eigenvalue weighted by Gasteiger charge is -2.39. The number of carbonyl (C=O) groups is 1. The number of urea groups is 1. The van der Waals surface area contributed by atoms with Crippen LogP contribution in [0.2, 0.25) is 5.02 Å². The number of piperidine rings is 1. The van der Waals surface area contributed by atoms with Crippen LogP contribution >= 0.6 is 11.6 Å². The summed E-state index contributed by atoms with van der Waals surface area (Å²) in [5.41, 5.74) is 1.75. The molecular formula is C27H39ClN6O2. The molecule has 1 N–H and O–H groups in total. The predicted molar refractivity (Wildman–Crippen MR) is 143 cm³/mol. The minimum absolute atomic E-state index is 0.110. The highest BCUT2D eigenvalue weighted by atomic mass is 35.5. The summed E-state index contributed by atoms with van der Waals surface area (Å²) in [5, 5.41) is 8.03. The number of hydrogen-bond acceptors (Lipinski definition) is 6. The Kier molecular flexibility index (Phi) is 6.70. The molecule has 2 saturated heterocycles. The van der Waals surface area contributed by atoms with E-state index in [1.807, 2.05) is 17.0 Å². The van der Waals surface area contributed by atoms with Crippen molar-refractivity contribution >= 4 is 29.0 Å². The number of anilines is 2. The number of nitrogens with one attached hydrogen (secondary N) is 1. The van der Waals surface area contributed by atoms with Gasteiger partial charge in [0.05, 0.1) is 16.4 Å². The third kappa shape index (κ3) is 4.94. The molecule has 1 aromatic heterocycles. The standard InChI is InChI=1S/C27H39ClN6O2/c1-18(2)32-13-15-33(16-14-32)21-8-6-7-20(28)22(21)29-25(35)34-11-9-27(5,10-12-34)24-30-23(36-31-24)19-17-26(19,3)4/h6-8,18-19H,9-17H2,1-5H3,(H,29,35). The summed E-state index contributed by atoms with van der Waals surface area (Å²) in [5.74, 6) is 1.90. The van der Waals surface area contributed by atoms with Crippen LogP contribution in [0.15, 0.2) is 22.7 Å². The zero-order valence-electron chi connectivity index (χ0n) is 22.2. The topological polar surface area (TPSA) is 77.7 Å². The van der Waals surface area contributed by atoms with Gasteiger partial charge in [-0.3, -0.25) is 4.90 Å². The molecule has 3 aliphatic rings. The second-order valence-electron chi connectivity index (χ2n) is 11.9. The molecule has 36 heavy (non-hydrogen) atoms. The Morgan fingerprint density at radius 2 is 1.78 bits per heavy atom. The van der Waals surface area contributed by atoms with E-state index in [4.69, 9.17) is 21.1 Å². The fourth-order valence-electron chi connectivity index (χ4n) is 5.50. The number of para-hydroxylation sites is 1. The largest absolute Gasteiger partial charge is 0.367 e. The average Bonchev–Trinajstić information content (AvgIpc) is 3.24. The lowest BCUT2D eigenvalue weighted by atomic mass is 9.80. The fourth-order valence-corrected chi connectivity index (χ4v) is 5.72. The van der Waals surface area contributed by atoms with Crippen LogP contribution in [0.25, 0.3) is 0 Å². The van der Waals surface area contributed by atoms with Gasteiger partial charge in [-0.05, 0) is 50.7 Å². The van der Waals surface area contributed by atoms with E-state index in [1.165, 1.54) is 0 Å². The van der Waals surface area contributed by atoms with Gasteiger partial charge in [-0.25, -0.2) is 4.79 Å². The molecule has 9 heteroatoms. The number of benzene rings is 1. The van der Waals surface area contributed by atoms with Gasteiger partial charge in [0, 0.05) is 56.6 Å². The first-order valence-electron chi connectivity index (χ1n) is 13.2. The van der Waals surface area contributed by atoms with Crippen LogP contribution in [0.3, 0.4) is 0 Å². The van der Waals surface area contributed by atoms with Crippen LogP contribution in [0.1, 0.15) is 71.5 Å². The van der Waals surface area contributed by atoms with Crippen molar-refractivity contribution in [2.75, 3.05) is 49.5 Å². The van der Waals surface area contributed by atoms with Gasteiger partial charge in [-0.15, -0.1) is 0 Å². The molecule has 0 radical (unpaired) electrons. The monoisotopic (exact) mass is 514 g/mol. The maximum atomic E-state index is 13.3. The molecule has 1 aliphatic carbocycles. The lowest BCUT2D eigenvalue weighted by Crippen LogP contribution is -2.49. The van der Waals surface area contributed by atoms with Crippen molar-refractivity contribution in [2.24, 2.45) is 5.41 Å². The van der Waals surface area contributed by atoms with E-state index in [2.05, 4.69) is 61.0 Å². The van der Waals surface area contributed by atoms with Crippen molar-refractivity contribution in [1.29, 1.82) is 0 Å². The van der Waals surface area contributed by atoms with E-state index in [0.29, 0.717) is 35.8 Å². The van der Waals surface area contributed by atoms with E-state index in [0.717, 1.165) is 62.8 Å². The highest BCUT2D eigenvalue weighted by Gasteiger charge is 2.51. The van der Waals surface area contributed by atoms with Crippen molar-refractivity contribution in [3.63, 3.8) is 0 Å². The van der Waals surface area contributed by atoms with E-state index in [1.54, 1.807) is 0 Å². The van der Waals surface area contributed by atoms with Gasteiger partial charge in [0.15, 0.2) is 5.82 Å². The number of halogens is 1. The first kappa shape index (κ1) is 25.3. The molecular weight excluding hydrogens is 476 g/mol. The summed E-state index contributed by atoms with van der Waals surface area (Å²) in [6, 6.07) is 6.27. The first-order chi connectivity index (χ1) is 17.1. The summed E-state index contributed by atoms with van der Waals surface area (Å²) in [6.07, 6.45) is 2.68. The molecule has 0 spiro atoms. The first-order valence-corrected chi connectivity index (χ1v) is 13.6. The lowest BCUT2D eigenvalue weighted by molar-refractivity contribution is 0.169. The Balaban J connectivity index is 1.22. The van der Waals surface area contributed by atoms with E-state index < -0.39 is 0 Å². The highest BCUT2D eigenvalue weighted by Crippen LogP contribution is 2.58. The summed E-state index contributed by atoms with van der Waals surface area (Å²) in [7, 11) is 0. The van der Waals surface area contributed by atoms with Crippen molar-refractivity contribution in [1.82, 2.24) is 19.9 Å². The molecule has 1 aromatic carbocycles. The second kappa shape index (κ2) is 9.53. The number of likely N-dealkylation sites (tertiary alicyclic amines) is 1. The number of amides is 2. The van der Waals surface area contributed by atoms with E-state index in [-0.39, 0.29) is 16.9 Å². The van der Waals surface area contributed by atoms with Gasteiger partial charge in [-0.2, -0.15) is 4.98 Å². The molecule has 8 nitrogen and oxygen atoms in total. The number of aromatic nitrogens is 2. The quantitative estimate of drug-likeness (QED) is 0.579. The highest BCUT2D eigenvalue weighted by molar-refractivity contribution is 6.34. The Hall–Kier alpha value is -2.32. The second-order valence-corrected chi connectivity index (χ2v) is 12.3. The SMILES string of the molecule is CC(C)N1CCN(c2cccc(Cl)c2NC(=O)N2CCC(C)(c3noc(C4CC4(C)C)n3)CC2)CC1. The number of rotatable bonds is 5. The van der Waals surface area contributed by atoms with Crippen LogP contribution in [0, 0.1) is 5.41 Å². The van der Waals surface area contributed by atoms with Crippen LogP contribution in [-0.2, 0) is 5.41 Å². The van der Waals surface area contributed by atoms with Crippen LogP contribution in [-0.4, -0.2) is 71.3 Å². The van der Waals surface area contributed by atoms with Gasteiger partial charge in [-0.1, -0.05) is 43.6 Å². The Morgan fingerprint density at radius 1 is 1.11 bits per heavy atom. The minimum Gasteiger partial charge on any atom is -0.367 e. The van der Waals surface area contributed by atoms with Crippen LogP contribution in [0.4, 0.5) is 16.2 Å². The van der Waals surface area contributed by atoms with E-state index in [9.17, 15) is 4.79 Å². The summed E-state index contributed by atoms with van der Waals surface area (Å²) in [6.45, 7) is 16.2. The predicted octanol–water partition coefficient (Wildman–Crippen LogP) is 5.35. The zero-order chi connectivity index (χ0) is 25.7. The zero-order valence-corrected chi connectivity index (χ0v) is 22.9. The summed E-state index contributed by atoms with van der Waals surface area (Å²) in [4.78, 5) is 24.7. The van der Waals surface area contributed by atoms with E-state index >= 15 is 0 Å². The van der Waals surface area contributed by atoms with Crippen molar-refractivity contribution < 1.29 is 9.32 Å². The van der Waals surface area contributed by atoms with Crippen LogP contribution in [0.5, 0.6) is 0 Å². The smallest absolute Gasteiger partial charge is 0.321 e. The normalized spacial score (nSPS) is 23.7. The molecule has 196 valence electrons. The third-order valence-electron chi connectivity index (χ3n) is 8.56. The van der Waals surface area contributed by atoms with Gasteiger partial charge in [0.1, 0.15) is 0 Å². The summed E-state index contributed by atoms with van der Waals surface area (Å²) >= 11 is 6.59. The molecule has 3 heterocycles. The molecule has 2 amide bonds. The third-order valence-corrected chi connectivity index (χ3v) is 8.87. The Labute approximate surface area is 219 Å². The van der Waals surface area contributed by atoms with Gasteiger partial charge in [0.2, 0.25) is 5.89 Å². The molecule has 1 atom stereocenters. The Morgan fingerprint density at radius 3 is 2.39 bits per heavy atom. The maximum Gasteiger partial charge on any atom is 0.321 e.